The van der Waals surface area contributed by atoms with E-state index in [1.54, 1.807) is 13.8 Å². The molecule has 0 unspecified atom stereocenters. The first kappa shape index (κ1) is 16.4. The molecule has 0 spiro atoms. The van der Waals surface area contributed by atoms with Crippen molar-refractivity contribution < 1.29 is 23.1 Å². The highest BCUT2D eigenvalue weighted by Crippen LogP contribution is 2.32. The van der Waals surface area contributed by atoms with E-state index in [9.17, 15) is 23.1 Å². The van der Waals surface area contributed by atoms with E-state index in [0.29, 0.717) is 24.0 Å². The van der Waals surface area contributed by atoms with Crippen molar-refractivity contribution in [2.24, 2.45) is 5.14 Å². The molecule has 0 atom stereocenters. The zero-order valence-electron chi connectivity index (χ0n) is 12.3. The molecular weight excluding hydrogens is 308 g/mol. The lowest BCUT2D eigenvalue weighted by atomic mass is 9.76. The first-order valence-electron chi connectivity index (χ1n) is 6.77. The SMILES string of the molecule is Cc1cc(C(=O)NC2(C(=O)O)CCC2)cc(S(N)(=O)=O)c1C. The largest absolute Gasteiger partial charge is 0.480 e. The van der Waals surface area contributed by atoms with Crippen LogP contribution in [0.5, 0.6) is 0 Å². The minimum atomic E-state index is -3.96. The molecule has 0 aliphatic heterocycles. The van der Waals surface area contributed by atoms with Crippen molar-refractivity contribution in [2.45, 2.75) is 43.5 Å². The van der Waals surface area contributed by atoms with E-state index in [0.717, 1.165) is 6.42 Å². The molecule has 0 aromatic heterocycles. The van der Waals surface area contributed by atoms with Crippen LogP contribution < -0.4 is 10.5 Å². The normalized spacial score (nSPS) is 16.7. The van der Waals surface area contributed by atoms with Crippen LogP contribution in [0.4, 0.5) is 0 Å². The number of carbonyl (C=O) groups excluding carboxylic acids is 1. The maximum atomic E-state index is 12.3. The number of aliphatic carboxylic acids is 1. The molecule has 1 aromatic rings. The molecule has 1 aromatic carbocycles. The first-order chi connectivity index (χ1) is 10.1. The van der Waals surface area contributed by atoms with Crippen molar-refractivity contribution >= 4 is 21.9 Å². The van der Waals surface area contributed by atoms with Crippen LogP contribution in [-0.4, -0.2) is 30.9 Å². The van der Waals surface area contributed by atoms with Gasteiger partial charge in [0.2, 0.25) is 10.0 Å². The summed E-state index contributed by atoms with van der Waals surface area (Å²) in [6, 6.07) is 2.70. The number of carboxylic acids is 1. The number of benzene rings is 1. The second-order valence-electron chi connectivity index (χ2n) is 5.66. The fourth-order valence-corrected chi connectivity index (χ4v) is 3.34. The number of hydrogen-bond donors (Lipinski definition) is 3. The summed E-state index contributed by atoms with van der Waals surface area (Å²) in [4.78, 5) is 23.4. The van der Waals surface area contributed by atoms with Gasteiger partial charge in [0.15, 0.2) is 0 Å². The predicted octanol–water partition coefficient (Wildman–Crippen LogP) is 0.688. The quantitative estimate of drug-likeness (QED) is 0.750. The molecule has 1 aliphatic carbocycles. The monoisotopic (exact) mass is 326 g/mol. The van der Waals surface area contributed by atoms with E-state index in [4.69, 9.17) is 5.14 Å². The van der Waals surface area contributed by atoms with Crippen molar-refractivity contribution in [3.05, 3.63) is 28.8 Å². The molecule has 0 saturated heterocycles. The number of aryl methyl sites for hydroxylation is 1. The number of nitrogens with two attached hydrogens (primary N) is 1. The highest BCUT2D eigenvalue weighted by Gasteiger charge is 2.45. The van der Waals surface area contributed by atoms with Gasteiger partial charge in [-0.15, -0.1) is 0 Å². The van der Waals surface area contributed by atoms with Crippen LogP contribution in [0, 0.1) is 13.8 Å². The van der Waals surface area contributed by atoms with Crippen molar-refractivity contribution in [2.75, 3.05) is 0 Å². The molecule has 1 amide bonds. The van der Waals surface area contributed by atoms with Gasteiger partial charge in [-0.25, -0.2) is 18.4 Å². The van der Waals surface area contributed by atoms with Gasteiger partial charge in [0.05, 0.1) is 4.90 Å². The van der Waals surface area contributed by atoms with Crippen molar-refractivity contribution in [3.8, 4) is 0 Å². The molecule has 8 heteroatoms. The predicted molar refractivity (Wildman–Crippen MR) is 79.0 cm³/mol. The Morgan fingerprint density at radius 2 is 1.86 bits per heavy atom. The summed E-state index contributed by atoms with van der Waals surface area (Å²) in [7, 11) is -3.96. The van der Waals surface area contributed by atoms with Gasteiger partial charge in [0.1, 0.15) is 5.54 Å². The van der Waals surface area contributed by atoms with Gasteiger partial charge in [-0.1, -0.05) is 0 Å². The van der Waals surface area contributed by atoms with Gasteiger partial charge < -0.3 is 10.4 Å². The average Bonchev–Trinajstić information content (AvgIpc) is 2.34. The maximum Gasteiger partial charge on any atom is 0.329 e. The molecule has 22 heavy (non-hydrogen) atoms. The number of primary sulfonamides is 1. The summed E-state index contributed by atoms with van der Waals surface area (Å²) < 4.78 is 23.2. The Hall–Kier alpha value is -1.93. The average molecular weight is 326 g/mol. The summed E-state index contributed by atoms with van der Waals surface area (Å²) in [6.07, 6.45) is 1.45. The molecule has 7 nitrogen and oxygen atoms in total. The van der Waals surface area contributed by atoms with Gasteiger partial charge in [-0.2, -0.15) is 0 Å². The Balaban J connectivity index is 2.39. The zero-order chi connectivity index (χ0) is 16.7. The van der Waals surface area contributed by atoms with Crippen molar-refractivity contribution in [1.29, 1.82) is 0 Å². The molecule has 1 fully saturated rings. The number of hydrogen-bond acceptors (Lipinski definition) is 4. The fraction of sp³-hybridized carbons (Fsp3) is 0.429. The fourth-order valence-electron chi connectivity index (χ4n) is 2.47. The molecule has 0 radical (unpaired) electrons. The number of amides is 1. The summed E-state index contributed by atoms with van der Waals surface area (Å²) in [5.41, 5.74) is -0.109. The van der Waals surface area contributed by atoms with Crippen LogP contribution in [-0.2, 0) is 14.8 Å². The molecule has 1 saturated carbocycles. The third-order valence-electron chi connectivity index (χ3n) is 4.16. The van der Waals surface area contributed by atoms with Gasteiger partial charge in [0.25, 0.3) is 5.91 Å². The minimum absolute atomic E-state index is 0.0830. The number of carbonyl (C=O) groups is 2. The van der Waals surface area contributed by atoms with Gasteiger partial charge >= 0.3 is 5.97 Å². The Morgan fingerprint density at radius 3 is 2.27 bits per heavy atom. The molecule has 4 N–H and O–H groups in total. The Bertz CT molecular complexity index is 751. The second kappa shape index (κ2) is 5.36. The molecule has 120 valence electrons. The van der Waals surface area contributed by atoms with Gasteiger partial charge in [-0.3, -0.25) is 4.79 Å². The zero-order valence-corrected chi connectivity index (χ0v) is 13.2. The molecule has 0 bridgehead atoms. The van der Waals surface area contributed by atoms with Crippen LogP contribution in [0.15, 0.2) is 17.0 Å². The maximum absolute atomic E-state index is 12.3. The number of rotatable bonds is 4. The molecule has 0 heterocycles. The lowest BCUT2D eigenvalue weighted by Gasteiger charge is -2.38. The topological polar surface area (TPSA) is 127 Å². The molecular formula is C14H18N2O5S. The first-order valence-corrected chi connectivity index (χ1v) is 8.31. The van der Waals surface area contributed by atoms with E-state index in [2.05, 4.69) is 5.32 Å². The van der Waals surface area contributed by atoms with Crippen molar-refractivity contribution in [1.82, 2.24) is 5.32 Å². The van der Waals surface area contributed by atoms with Crippen LogP contribution in [0.1, 0.15) is 40.7 Å². The third-order valence-corrected chi connectivity index (χ3v) is 5.19. The molecule has 2 rings (SSSR count). The summed E-state index contributed by atoms with van der Waals surface area (Å²) in [5.74, 6) is -1.70. The van der Waals surface area contributed by atoms with E-state index in [1.807, 2.05) is 0 Å². The minimum Gasteiger partial charge on any atom is -0.480 e. The lowest BCUT2D eigenvalue weighted by molar-refractivity contribution is -0.148. The van der Waals surface area contributed by atoms with Crippen LogP contribution in [0.3, 0.4) is 0 Å². The van der Waals surface area contributed by atoms with E-state index in [-0.39, 0.29) is 10.5 Å². The standard InChI is InChI=1S/C14H18N2O5S/c1-8-6-10(7-11(9(8)2)22(15,20)21)12(17)16-14(13(18)19)4-3-5-14/h6-7H,3-5H2,1-2H3,(H,16,17)(H,18,19)(H2,15,20,21). The van der Waals surface area contributed by atoms with Crippen LogP contribution in [0.2, 0.25) is 0 Å². The third kappa shape index (κ3) is 2.84. The summed E-state index contributed by atoms with van der Waals surface area (Å²) in [5, 5.41) is 16.9. The number of sulfonamides is 1. The van der Waals surface area contributed by atoms with Gasteiger partial charge in [-0.05, 0) is 56.4 Å². The second-order valence-corrected chi connectivity index (χ2v) is 7.19. The van der Waals surface area contributed by atoms with Gasteiger partial charge in [0, 0.05) is 5.56 Å². The summed E-state index contributed by atoms with van der Waals surface area (Å²) in [6.45, 7) is 3.26. The Morgan fingerprint density at radius 1 is 1.27 bits per heavy atom. The van der Waals surface area contributed by atoms with Crippen molar-refractivity contribution in [3.63, 3.8) is 0 Å². The van der Waals surface area contributed by atoms with Crippen LogP contribution >= 0.6 is 0 Å². The highest BCUT2D eigenvalue weighted by molar-refractivity contribution is 7.89. The van der Waals surface area contributed by atoms with E-state index in [1.165, 1.54) is 12.1 Å². The smallest absolute Gasteiger partial charge is 0.329 e. The van der Waals surface area contributed by atoms with E-state index < -0.39 is 27.4 Å². The van der Waals surface area contributed by atoms with Crippen LogP contribution in [0.25, 0.3) is 0 Å². The number of carboxylic acid groups (broad SMARTS) is 1. The Labute approximate surface area is 128 Å². The highest BCUT2D eigenvalue weighted by atomic mass is 32.2. The molecule has 1 aliphatic rings. The Kier molecular flexibility index (Phi) is 4.01. The lowest BCUT2D eigenvalue weighted by Crippen LogP contribution is -2.59. The van der Waals surface area contributed by atoms with E-state index >= 15 is 0 Å². The number of nitrogens with one attached hydrogen (secondary N) is 1. The summed E-state index contributed by atoms with van der Waals surface area (Å²) >= 11 is 0.